The summed E-state index contributed by atoms with van der Waals surface area (Å²) in [5, 5.41) is 0.285. The predicted molar refractivity (Wildman–Crippen MR) is 59.5 cm³/mol. The summed E-state index contributed by atoms with van der Waals surface area (Å²) < 4.78 is 18.9. The fourth-order valence-electron chi connectivity index (χ4n) is 1.35. The van der Waals surface area contributed by atoms with E-state index >= 15 is 0 Å². The minimum Gasteiger partial charge on any atom is -0.439 e. The second kappa shape index (κ2) is 4.23. The van der Waals surface area contributed by atoms with Crippen LogP contribution in [-0.4, -0.2) is 4.98 Å². The minimum atomic E-state index is -0.445. The van der Waals surface area contributed by atoms with Gasteiger partial charge in [0.1, 0.15) is 5.82 Å². The van der Waals surface area contributed by atoms with Crippen molar-refractivity contribution in [3.8, 4) is 11.3 Å². The van der Waals surface area contributed by atoms with Gasteiger partial charge in [-0.05, 0) is 19.1 Å². The third-order valence-electron chi connectivity index (χ3n) is 2.12. The number of oxazole rings is 1. The molecule has 2 aromatic rings. The van der Waals surface area contributed by atoms with Crippen LogP contribution < -0.4 is 5.73 Å². The van der Waals surface area contributed by atoms with Gasteiger partial charge in [0.25, 0.3) is 0 Å². The Morgan fingerprint density at radius 1 is 1.50 bits per heavy atom. The van der Waals surface area contributed by atoms with Crippen LogP contribution in [0.1, 0.15) is 18.9 Å². The molecule has 1 unspecified atom stereocenters. The molecule has 16 heavy (non-hydrogen) atoms. The molecule has 2 rings (SSSR count). The summed E-state index contributed by atoms with van der Waals surface area (Å²) in [6.45, 7) is 1.73. The van der Waals surface area contributed by atoms with Crippen molar-refractivity contribution in [2.75, 3.05) is 0 Å². The van der Waals surface area contributed by atoms with E-state index in [0.717, 1.165) is 0 Å². The molecule has 1 heterocycles. The van der Waals surface area contributed by atoms with Crippen molar-refractivity contribution < 1.29 is 8.81 Å². The third-order valence-corrected chi connectivity index (χ3v) is 2.44. The summed E-state index contributed by atoms with van der Waals surface area (Å²) in [5.41, 5.74) is 5.81. The number of hydrogen-bond donors (Lipinski definition) is 1. The lowest BCUT2D eigenvalue weighted by Crippen LogP contribution is -2.04. The van der Waals surface area contributed by atoms with Gasteiger partial charge in [-0.25, -0.2) is 9.37 Å². The van der Waals surface area contributed by atoms with Crippen LogP contribution in [0, 0.1) is 5.82 Å². The van der Waals surface area contributed by atoms with E-state index in [-0.39, 0.29) is 22.4 Å². The Morgan fingerprint density at radius 3 is 2.81 bits per heavy atom. The van der Waals surface area contributed by atoms with Crippen LogP contribution in [0.4, 0.5) is 4.39 Å². The number of benzene rings is 1. The number of rotatable bonds is 2. The quantitative estimate of drug-likeness (QED) is 0.877. The smallest absolute Gasteiger partial charge is 0.211 e. The molecule has 0 aliphatic heterocycles. The molecule has 3 nitrogen and oxygen atoms in total. The van der Waals surface area contributed by atoms with Gasteiger partial charge < -0.3 is 10.2 Å². The average Bonchev–Trinajstić information content (AvgIpc) is 2.66. The lowest BCUT2D eigenvalue weighted by atomic mass is 10.2. The maximum Gasteiger partial charge on any atom is 0.211 e. The highest BCUT2D eigenvalue weighted by molar-refractivity contribution is 6.33. The lowest BCUT2D eigenvalue weighted by molar-refractivity contribution is 0.471. The van der Waals surface area contributed by atoms with E-state index in [1.54, 1.807) is 13.0 Å². The summed E-state index contributed by atoms with van der Waals surface area (Å²) in [6.07, 6.45) is 1.42. The van der Waals surface area contributed by atoms with Crippen LogP contribution in [0.15, 0.2) is 28.8 Å². The molecule has 0 bridgehead atoms. The summed E-state index contributed by atoms with van der Waals surface area (Å²) in [6, 6.07) is 4.10. The van der Waals surface area contributed by atoms with Crippen molar-refractivity contribution in [1.29, 1.82) is 0 Å². The second-order valence-corrected chi connectivity index (χ2v) is 3.86. The van der Waals surface area contributed by atoms with Gasteiger partial charge in [-0.1, -0.05) is 17.7 Å². The molecule has 5 heteroatoms. The SMILES string of the molecule is CC(N)c1ncc(-c2c(F)cccc2Cl)o1. The molecule has 1 atom stereocenters. The molecular weight excluding hydrogens is 231 g/mol. The van der Waals surface area contributed by atoms with Crippen molar-refractivity contribution in [2.45, 2.75) is 13.0 Å². The Labute approximate surface area is 97.0 Å². The summed E-state index contributed by atoms with van der Waals surface area (Å²) in [7, 11) is 0. The maximum absolute atomic E-state index is 13.5. The summed E-state index contributed by atoms with van der Waals surface area (Å²) in [5.74, 6) is 0.199. The first-order valence-electron chi connectivity index (χ1n) is 4.75. The van der Waals surface area contributed by atoms with Gasteiger partial charge in [0, 0.05) is 0 Å². The molecular formula is C11H10ClFN2O. The van der Waals surface area contributed by atoms with E-state index in [0.29, 0.717) is 5.89 Å². The van der Waals surface area contributed by atoms with E-state index in [2.05, 4.69) is 4.98 Å². The van der Waals surface area contributed by atoms with Crippen molar-refractivity contribution >= 4 is 11.6 Å². The molecule has 0 fully saturated rings. The van der Waals surface area contributed by atoms with Crippen LogP contribution in [0.2, 0.25) is 5.02 Å². The second-order valence-electron chi connectivity index (χ2n) is 3.45. The van der Waals surface area contributed by atoms with Crippen LogP contribution in [0.25, 0.3) is 11.3 Å². The number of nitrogens with two attached hydrogens (primary N) is 1. The molecule has 0 saturated heterocycles. The fraction of sp³-hybridized carbons (Fsp3) is 0.182. The predicted octanol–water partition coefficient (Wildman–Crippen LogP) is 3.15. The topological polar surface area (TPSA) is 52.0 Å². The standard InChI is InChI=1S/C11H10ClFN2O/c1-6(14)11-15-5-9(16-11)10-7(12)3-2-4-8(10)13/h2-6H,14H2,1H3. The molecule has 0 aliphatic rings. The zero-order valence-corrected chi connectivity index (χ0v) is 9.33. The molecule has 0 amide bonds. The summed E-state index contributed by atoms with van der Waals surface area (Å²) in [4.78, 5) is 3.96. The van der Waals surface area contributed by atoms with E-state index in [1.807, 2.05) is 0 Å². The Kier molecular flexibility index (Phi) is 2.94. The Balaban J connectivity index is 2.50. The molecule has 84 valence electrons. The molecule has 0 saturated carbocycles. The van der Waals surface area contributed by atoms with E-state index < -0.39 is 5.82 Å². The van der Waals surface area contributed by atoms with E-state index in [4.69, 9.17) is 21.8 Å². The van der Waals surface area contributed by atoms with Gasteiger partial charge >= 0.3 is 0 Å². The van der Waals surface area contributed by atoms with Crippen LogP contribution in [0.5, 0.6) is 0 Å². The van der Waals surface area contributed by atoms with Gasteiger partial charge in [0.15, 0.2) is 5.76 Å². The normalized spacial score (nSPS) is 12.8. The molecule has 0 spiro atoms. The highest BCUT2D eigenvalue weighted by Gasteiger charge is 2.15. The van der Waals surface area contributed by atoms with Crippen LogP contribution in [-0.2, 0) is 0 Å². The van der Waals surface area contributed by atoms with Crippen molar-refractivity contribution in [3.05, 3.63) is 41.1 Å². The lowest BCUT2D eigenvalue weighted by Gasteiger charge is -2.02. The summed E-state index contributed by atoms with van der Waals surface area (Å²) >= 11 is 5.89. The number of halogens is 2. The Hall–Kier alpha value is -1.39. The zero-order valence-electron chi connectivity index (χ0n) is 8.58. The minimum absolute atomic E-state index is 0.212. The first-order chi connectivity index (χ1) is 7.59. The van der Waals surface area contributed by atoms with Gasteiger partial charge in [-0.15, -0.1) is 0 Å². The zero-order chi connectivity index (χ0) is 11.7. The van der Waals surface area contributed by atoms with Gasteiger partial charge in [0.2, 0.25) is 5.89 Å². The van der Waals surface area contributed by atoms with Crippen LogP contribution >= 0.6 is 11.6 Å². The largest absolute Gasteiger partial charge is 0.439 e. The molecule has 1 aromatic carbocycles. The Bertz CT molecular complexity index is 490. The molecule has 0 radical (unpaired) electrons. The van der Waals surface area contributed by atoms with E-state index in [9.17, 15) is 4.39 Å². The molecule has 0 aliphatic carbocycles. The van der Waals surface area contributed by atoms with Gasteiger partial charge in [-0.2, -0.15) is 0 Å². The third kappa shape index (κ3) is 1.94. The molecule has 1 aromatic heterocycles. The van der Waals surface area contributed by atoms with Crippen molar-refractivity contribution in [2.24, 2.45) is 5.73 Å². The highest BCUT2D eigenvalue weighted by Crippen LogP contribution is 2.31. The fourth-order valence-corrected chi connectivity index (χ4v) is 1.60. The molecule has 2 N–H and O–H groups in total. The Morgan fingerprint density at radius 2 is 2.25 bits per heavy atom. The van der Waals surface area contributed by atoms with Gasteiger partial charge in [-0.3, -0.25) is 0 Å². The van der Waals surface area contributed by atoms with Crippen molar-refractivity contribution in [3.63, 3.8) is 0 Å². The van der Waals surface area contributed by atoms with E-state index in [1.165, 1.54) is 18.3 Å². The first-order valence-corrected chi connectivity index (χ1v) is 5.13. The number of nitrogens with zero attached hydrogens (tertiary/aromatic N) is 1. The van der Waals surface area contributed by atoms with Gasteiger partial charge in [0.05, 0.1) is 22.8 Å². The average molecular weight is 241 g/mol. The monoisotopic (exact) mass is 240 g/mol. The maximum atomic E-state index is 13.5. The van der Waals surface area contributed by atoms with Crippen LogP contribution in [0.3, 0.4) is 0 Å². The number of hydrogen-bond acceptors (Lipinski definition) is 3. The highest BCUT2D eigenvalue weighted by atomic mass is 35.5. The number of aromatic nitrogens is 1. The first kappa shape index (κ1) is 11.1. The van der Waals surface area contributed by atoms with Crippen molar-refractivity contribution in [1.82, 2.24) is 4.98 Å².